The molecular formula is C23H24N2O4S. The number of ether oxygens (including phenoxy) is 2. The van der Waals surface area contributed by atoms with E-state index in [0.717, 1.165) is 23.1 Å². The lowest BCUT2D eigenvalue weighted by Crippen LogP contribution is -2.41. The van der Waals surface area contributed by atoms with Crippen molar-refractivity contribution in [2.75, 3.05) is 13.7 Å². The van der Waals surface area contributed by atoms with Gasteiger partial charge in [-0.1, -0.05) is 36.8 Å². The fourth-order valence-corrected chi connectivity index (χ4v) is 3.64. The van der Waals surface area contributed by atoms with E-state index in [2.05, 4.69) is 10.9 Å². The van der Waals surface area contributed by atoms with E-state index in [1.807, 2.05) is 49.6 Å². The number of hydrogen-bond acceptors (Lipinski definition) is 5. The van der Waals surface area contributed by atoms with Crippen LogP contribution in [0.1, 0.15) is 38.9 Å². The number of hydrogen-bond donors (Lipinski definition) is 2. The Morgan fingerprint density at radius 2 is 1.70 bits per heavy atom. The molecule has 0 atom stereocenters. The molecule has 2 aromatic carbocycles. The van der Waals surface area contributed by atoms with Gasteiger partial charge in [-0.15, -0.1) is 11.3 Å². The van der Waals surface area contributed by atoms with Crippen LogP contribution < -0.4 is 20.3 Å². The third-order valence-corrected chi connectivity index (χ3v) is 5.32. The van der Waals surface area contributed by atoms with Crippen LogP contribution in [0.3, 0.4) is 0 Å². The number of carbonyl (C=O) groups excluding carboxylic acids is 2. The molecule has 0 unspecified atom stereocenters. The lowest BCUT2D eigenvalue weighted by Gasteiger charge is -2.12. The maximum absolute atomic E-state index is 12.6. The second kappa shape index (κ2) is 9.93. The predicted octanol–water partition coefficient (Wildman–Crippen LogP) is 4.60. The zero-order valence-corrected chi connectivity index (χ0v) is 18.0. The van der Waals surface area contributed by atoms with Gasteiger partial charge in [0, 0.05) is 11.1 Å². The summed E-state index contributed by atoms with van der Waals surface area (Å²) in [7, 11) is 1.51. The van der Waals surface area contributed by atoms with Crippen molar-refractivity contribution < 1.29 is 19.1 Å². The van der Waals surface area contributed by atoms with Gasteiger partial charge in [-0.2, -0.15) is 0 Å². The van der Waals surface area contributed by atoms with Crippen molar-refractivity contribution in [2.45, 2.75) is 20.3 Å². The highest BCUT2D eigenvalue weighted by Crippen LogP contribution is 2.29. The standard InChI is InChI=1S/C23H24N2O4S/c1-4-12-29-19-10-9-17(14-20(19)28-3)22(26)24-25-23(27)21-18(11-13-30-21)16-7-5-15(2)6-8-16/h5-11,13-14H,4,12H2,1-3H3,(H,24,26)(H,25,27). The summed E-state index contributed by atoms with van der Waals surface area (Å²) in [5.41, 5.74) is 8.22. The average molecular weight is 425 g/mol. The van der Waals surface area contributed by atoms with Gasteiger partial charge in [0.05, 0.1) is 13.7 Å². The van der Waals surface area contributed by atoms with Crippen molar-refractivity contribution in [3.8, 4) is 22.6 Å². The third-order valence-electron chi connectivity index (χ3n) is 4.41. The van der Waals surface area contributed by atoms with Crippen LogP contribution in [0.4, 0.5) is 0 Å². The Labute approximate surface area is 179 Å². The van der Waals surface area contributed by atoms with Gasteiger partial charge in [-0.3, -0.25) is 20.4 Å². The summed E-state index contributed by atoms with van der Waals surface area (Å²) in [6.07, 6.45) is 0.866. The summed E-state index contributed by atoms with van der Waals surface area (Å²) in [5.74, 6) is 0.213. The minimum Gasteiger partial charge on any atom is -0.493 e. The highest BCUT2D eigenvalue weighted by Gasteiger charge is 2.17. The maximum Gasteiger partial charge on any atom is 0.280 e. The Morgan fingerprint density at radius 1 is 0.967 bits per heavy atom. The monoisotopic (exact) mass is 424 g/mol. The number of hydrazine groups is 1. The second-order valence-corrected chi connectivity index (χ2v) is 7.57. The first kappa shape index (κ1) is 21.4. The Bertz CT molecular complexity index is 1030. The van der Waals surface area contributed by atoms with Gasteiger partial charge in [-0.05, 0) is 48.6 Å². The third kappa shape index (κ3) is 4.99. The van der Waals surface area contributed by atoms with Crippen molar-refractivity contribution in [1.29, 1.82) is 0 Å². The van der Waals surface area contributed by atoms with Crippen LogP contribution in [0.2, 0.25) is 0 Å². The van der Waals surface area contributed by atoms with E-state index in [9.17, 15) is 9.59 Å². The van der Waals surface area contributed by atoms with E-state index in [4.69, 9.17) is 9.47 Å². The molecule has 30 heavy (non-hydrogen) atoms. The molecule has 0 aliphatic carbocycles. The van der Waals surface area contributed by atoms with E-state index in [-0.39, 0.29) is 5.91 Å². The van der Waals surface area contributed by atoms with E-state index in [1.54, 1.807) is 18.2 Å². The molecule has 156 valence electrons. The number of benzene rings is 2. The highest BCUT2D eigenvalue weighted by molar-refractivity contribution is 7.12. The maximum atomic E-state index is 12.6. The molecule has 0 spiro atoms. The Balaban J connectivity index is 1.67. The fourth-order valence-electron chi connectivity index (χ4n) is 2.83. The smallest absolute Gasteiger partial charge is 0.280 e. The SMILES string of the molecule is CCCOc1ccc(C(=O)NNC(=O)c2sccc2-c2ccc(C)cc2)cc1OC. The minimum atomic E-state index is -0.447. The molecule has 0 fully saturated rings. The van der Waals surface area contributed by atoms with E-state index in [1.165, 1.54) is 18.4 Å². The number of carbonyl (C=O) groups is 2. The molecule has 0 bridgehead atoms. The van der Waals surface area contributed by atoms with E-state index >= 15 is 0 Å². The van der Waals surface area contributed by atoms with Gasteiger partial charge in [0.25, 0.3) is 11.8 Å². The average Bonchev–Trinajstić information content (AvgIpc) is 3.26. The molecule has 1 heterocycles. The molecule has 1 aromatic heterocycles. The van der Waals surface area contributed by atoms with Crippen LogP contribution in [0, 0.1) is 6.92 Å². The van der Waals surface area contributed by atoms with Crippen LogP contribution in [0.15, 0.2) is 53.9 Å². The van der Waals surface area contributed by atoms with Crippen molar-refractivity contribution in [1.82, 2.24) is 10.9 Å². The Morgan fingerprint density at radius 3 is 2.40 bits per heavy atom. The van der Waals surface area contributed by atoms with Crippen LogP contribution in [0.25, 0.3) is 11.1 Å². The predicted molar refractivity (Wildman–Crippen MR) is 118 cm³/mol. The van der Waals surface area contributed by atoms with E-state index < -0.39 is 5.91 Å². The Hall–Kier alpha value is -3.32. The fraction of sp³-hybridized carbons (Fsp3) is 0.217. The van der Waals surface area contributed by atoms with E-state index in [0.29, 0.717) is 28.5 Å². The van der Waals surface area contributed by atoms with Gasteiger partial charge in [-0.25, -0.2) is 0 Å². The topological polar surface area (TPSA) is 76.7 Å². The normalized spacial score (nSPS) is 10.4. The first-order chi connectivity index (χ1) is 14.5. The lowest BCUT2D eigenvalue weighted by molar-refractivity contribution is 0.0849. The highest BCUT2D eigenvalue weighted by atomic mass is 32.1. The molecule has 0 saturated heterocycles. The van der Waals surface area contributed by atoms with Crippen LogP contribution in [-0.4, -0.2) is 25.5 Å². The van der Waals surface area contributed by atoms with Crippen molar-refractivity contribution in [3.05, 3.63) is 69.9 Å². The zero-order valence-electron chi connectivity index (χ0n) is 17.2. The number of thiophene rings is 1. The molecular weight excluding hydrogens is 400 g/mol. The molecule has 7 heteroatoms. The second-order valence-electron chi connectivity index (χ2n) is 6.65. The number of nitrogens with one attached hydrogen (secondary N) is 2. The number of methoxy groups -OCH3 is 1. The summed E-state index contributed by atoms with van der Waals surface area (Å²) in [5, 5.41) is 1.85. The number of rotatable bonds is 7. The summed E-state index contributed by atoms with van der Waals surface area (Å²) in [6.45, 7) is 4.58. The molecule has 0 radical (unpaired) electrons. The molecule has 2 amide bonds. The van der Waals surface area contributed by atoms with Gasteiger partial charge in [0.1, 0.15) is 4.88 Å². The quantitative estimate of drug-likeness (QED) is 0.544. The summed E-state index contributed by atoms with van der Waals surface area (Å²) < 4.78 is 10.9. The molecule has 3 aromatic rings. The molecule has 0 aliphatic rings. The molecule has 2 N–H and O–H groups in total. The van der Waals surface area contributed by atoms with Gasteiger partial charge in [0.2, 0.25) is 0 Å². The lowest BCUT2D eigenvalue weighted by atomic mass is 10.1. The number of aryl methyl sites for hydroxylation is 1. The van der Waals surface area contributed by atoms with Crippen LogP contribution in [0.5, 0.6) is 11.5 Å². The van der Waals surface area contributed by atoms with Crippen molar-refractivity contribution in [2.24, 2.45) is 0 Å². The summed E-state index contributed by atoms with van der Waals surface area (Å²) in [6, 6.07) is 14.7. The minimum absolute atomic E-state index is 0.348. The number of amides is 2. The molecule has 0 saturated carbocycles. The van der Waals surface area contributed by atoms with Crippen molar-refractivity contribution in [3.63, 3.8) is 0 Å². The summed E-state index contributed by atoms with van der Waals surface area (Å²) in [4.78, 5) is 25.7. The van der Waals surface area contributed by atoms with Crippen LogP contribution in [-0.2, 0) is 0 Å². The summed E-state index contributed by atoms with van der Waals surface area (Å²) >= 11 is 1.32. The molecule has 0 aliphatic heterocycles. The Kier molecular flexibility index (Phi) is 7.08. The first-order valence-electron chi connectivity index (χ1n) is 9.59. The molecule has 3 rings (SSSR count). The largest absolute Gasteiger partial charge is 0.493 e. The van der Waals surface area contributed by atoms with Gasteiger partial charge >= 0.3 is 0 Å². The van der Waals surface area contributed by atoms with Gasteiger partial charge < -0.3 is 9.47 Å². The van der Waals surface area contributed by atoms with Gasteiger partial charge in [0.15, 0.2) is 11.5 Å². The van der Waals surface area contributed by atoms with Crippen molar-refractivity contribution >= 4 is 23.2 Å². The first-order valence-corrected chi connectivity index (χ1v) is 10.5. The van der Waals surface area contributed by atoms with Crippen LogP contribution >= 0.6 is 11.3 Å². The zero-order chi connectivity index (χ0) is 21.5. The molecule has 6 nitrogen and oxygen atoms in total.